The third kappa shape index (κ3) is 2.46. The normalized spacial score (nSPS) is 16.4. The lowest BCUT2D eigenvalue weighted by molar-refractivity contribution is 1.24. The second-order valence-corrected chi connectivity index (χ2v) is 4.56. The van der Waals surface area contributed by atoms with Gasteiger partial charge in [-0.05, 0) is 0 Å². The van der Waals surface area contributed by atoms with E-state index in [1.165, 1.54) is 23.5 Å². The number of hydrogen-bond acceptors (Lipinski definition) is 4. The highest BCUT2D eigenvalue weighted by Crippen LogP contribution is 2.46. The average molecular weight is 204 g/mol. The van der Waals surface area contributed by atoms with Crippen molar-refractivity contribution in [2.75, 3.05) is 0 Å². The van der Waals surface area contributed by atoms with Crippen LogP contribution >= 0.6 is 23.5 Å². The molecule has 62 valence electrons. The Morgan fingerprint density at radius 3 is 2.15 bits per heavy atom. The van der Waals surface area contributed by atoms with Crippen LogP contribution in [0.3, 0.4) is 0 Å². The molecule has 0 aliphatic carbocycles. The van der Waals surface area contributed by atoms with Crippen LogP contribution in [0.25, 0.3) is 0 Å². The van der Waals surface area contributed by atoms with E-state index in [-0.39, 0.29) is 4.58 Å². The second kappa shape index (κ2) is 4.87. The van der Waals surface area contributed by atoms with Crippen LogP contribution in [-0.2, 0) is 0 Å². The molecule has 1 aliphatic rings. The second-order valence-electron chi connectivity index (χ2n) is 2.03. The highest BCUT2D eigenvalue weighted by atomic mass is 32.2. The average Bonchev–Trinajstić information content (AvgIpc) is 2.57. The van der Waals surface area contributed by atoms with E-state index >= 15 is 0 Å². The van der Waals surface area contributed by atoms with E-state index < -0.39 is 0 Å². The summed E-state index contributed by atoms with van der Waals surface area (Å²) in [4.78, 5) is 0.948. The van der Waals surface area contributed by atoms with Crippen molar-refractivity contribution in [3.05, 3.63) is 16.2 Å². The predicted octanol–water partition coefficient (Wildman–Crippen LogP) is 2.16. The van der Waals surface area contributed by atoms with E-state index in [1.54, 1.807) is 0 Å². The molecule has 0 aromatic heterocycles. The monoisotopic (exact) mass is 204 g/mol. The van der Waals surface area contributed by atoms with Gasteiger partial charge in [0.25, 0.3) is 0 Å². The van der Waals surface area contributed by atoms with Gasteiger partial charge in [-0.15, -0.1) is 12.3 Å². The Balaban J connectivity index is 2.56. The molecule has 13 heavy (non-hydrogen) atoms. The molecule has 0 unspecified atom stereocenters. The molecule has 2 radical (unpaired) electrons. The zero-order valence-corrected chi connectivity index (χ0v) is 8.21. The molecule has 0 spiro atoms. The number of allylic oxidation sites excluding steroid dienone is 2. The molecule has 1 aliphatic heterocycles. The Morgan fingerprint density at radius 2 is 1.77 bits per heavy atom. The Hall–Kier alpha value is -1.02. The molecule has 0 amide bonds. The van der Waals surface area contributed by atoms with Crippen molar-refractivity contribution in [3.63, 3.8) is 0 Å². The molecule has 0 saturated carbocycles. The molecule has 1 rings (SSSR count). The summed E-state index contributed by atoms with van der Waals surface area (Å²) in [6.45, 7) is 0. The van der Waals surface area contributed by atoms with Gasteiger partial charge in [-0.1, -0.05) is 23.5 Å². The van der Waals surface area contributed by atoms with Crippen LogP contribution in [-0.4, -0.2) is 4.58 Å². The SMILES string of the molecule is C#CC[C]C1SC(C#N)=C(C#N)S1. The van der Waals surface area contributed by atoms with Gasteiger partial charge in [0, 0.05) is 12.8 Å². The van der Waals surface area contributed by atoms with Crippen LogP contribution < -0.4 is 0 Å². The maximum Gasteiger partial charge on any atom is 0.110 e. The van der Waals surface area contributed by atoms with Crippen LogP contribution in [0.15, 0.2) is 9.81 Å². The number of rotatable bonds is 2. The first-order valence-electron chi connectivity index (χ1n) is 3.36. The van der Waals surface area contributed by atoms with E-state index in [1.807, 2.05) is 12.1 Å². The lowest BCUT2D eigenvalue weighted by Crippen LogP contribution is -1.91. The summed E-state index contributed by atoms with van der Waals surface area (Å²) in [5, 5.41) is 17.3. The largest absolute Gasteiger partial charge is 0.192 e. The Bertz CT molecular complexity index is 325. The minimum absolute atomic E-state index is 0.000324. The smallest absolute Gasteiger partial charge is 0.110 e. The van der Waals surface area contributed by atoms with Crippen molar-refractivity contribution in [1.29, 1.82) is 10.5 Å². The summed E-state index contributed by atoms with van der Waals surface area (Å²) in [5.41, 5.74) is 0. The molecule has 0 aromatic rings. The summed E-state index contributed by atoms with van der Waals surface area (Å²) in [5.74, 6) is 2.44. The van der Waals surface area contributed by atoms with Crippen molar-refractivity contribution in [1.82, 2.24) is 0 Å². The summed E-state index contributed by atoms with van der Waals surface area (Å²) in [6, 6.07) is 3.96. The summed E-state index contributed by atoms with van der Waals surface area (Å²) >= 11 is 2.67. The highest BCUT2D eigenvalue weighted by Gasteiger charge is 2.25. The zero-order chi connectivity index (χ0) is 9.68. The van der Waals surface area contributed by atoms with Gasteiger partial charge in [0.2, 0.25) is 0 Å². The third-order valence-corrected chi connectivity index (χ3v) is 3.76. The fraction of sp³-hybridized carbons (Fsp3) is 0.222. The van der Waals surface area contributed by atoms with E-state index in [0.717, 1.165) is 0 Å². The minimum Gasteiger partial charge on any atom is -0.192 e. The van der Waals surface area contributed by atoms with E-state index in [0.29, 0.717) is 16.2 Å². The maximum atomic E-state index is 8.65. The van der Waals surface area contributed by atoms with Gasteiger partial charge in [-0.3, -0.25) is 0 Å². The lowest BCUT2D eigenvalue weighted by atomic mass is 10.4. The first-order chi connectivity index (χ1) is 6.31. The molecule has 4 heteroatoms. The van der Waals surface area contributed by atoms with Crippen LogP contribution in [0.2, 0.25) is 0 Å². The van der Waals surface area contributed by atoms with Gasteiger partial charge in [0.05, 0.1) is 4.58 Å². The molecule has 0 N–H and O–H groups in total. The van der Waals surface area contributed by atoms with Crippen LogP contribution in [0.4, 0.5) is 0 Å². The fourth-order valence-electron chi connectivity index (χ4n) is 0.725. The van der Waals surface area contributed by atoms with Gasteiger partial charge in [0.15, 0.2) is 0 Å². The highest BCUT2D eigenvalue weighted by molar-refractivity contribution is 8.24. The van der Waals surface area contributed by atoms with Gasteiger partial charge in [-0.25, -0.2) is 0 Å². The summed E-state index contributed by atoms with van der Waals surface area (Å²) in [6.07, 6.45) is 8.52. The standard InChI is InChI=1S/C9H4N2S2/c1-2-3-4-9-12-7(5-10)8(6-11)13-9/h1,9H,3H2. The maximum absolute atomic E-state index is 8.65. The molecule has 2 nitrogen and oxygen atoms in total. The number of nitriles is 2. The first-order valence-corrected chi connectivity index (χ1v) is 5.12. The number of nitrogens with zero attached hydrogens (tertiary/aromatic N) is 2. The van der Waals surface area contributed by atoms with Crippen LogP contribution in [0.1, 0.15) is 6.42 Å². The lowest BCUT2D eigenvalue weighted by Gasteiger charge is -2.02. The fourth-order valence-corrected chi connectivity index (χ4v) is 2.96. The quantitative estimate of drug-likeness (QED) is 0.647. The molecule has 0 fully saturated rings. The van der Waals surface area contributed by atoms with E-state index in [2.05, 4.69) is 12.3 Å². The molecule has 0 aromatic carbocycles. The molecular formula is C9H4N2S2. The first kappa shape index (κ1) is 10.1. The Labute approximate surface area is 86.0 Å². The van der Waals surface area contributed by atoms with E-state index in [9.17, 15) is 0 Å². The van der Waals surface area contributed by atoms with Gasteiger partial charge in [-0.2, -0.15) is 10.5 Å². The summed E-state index contributed by atoms with van der Waals surface area (Å²) < 4.78 is 0.000324. The van der Waals surface area contributed by atoms with Gasteiger partial charge >= 0.3 is 0 Å². The molecule has 1 heterocycles. The predicted molar refractivity (Wildman–Crippen MR) is 53.9 cm³/mol. The van der Waals surface area contributed by atoms with Gasteiger partial charge < -0.3 is 0 Å². The third-order valence-electron chi connectivity index (χ3n) is 1.23. The number of thioether (sulfide) groups is 2. The molecule has 0 saturated heterocycles. The molecular weight excluding hydrogens is 200 g/mol. The van der Waals surface area contributed by atoms with Crippen molar-refractivity contribution < 1.29 is 0 Å². The van der Waals surface area contributed by atoms with Crippen molar-refractivity contribution >= 4 is 23.5 Å². The Morgan fingerprint density at radius 1 is 1.23 bits per heavy atom. The molecule has 0 atom stereocenters. The topological polar surface area (TPSA) is 47.6 Å². The Kier molecular flexibility index (Phi) is 3.77. The van der Waals surface area contributed by atoms with Crippen molar-refractivity contribution in [2.45, 2.75) is 11.0 Å². The van der Waals surface area contributed by atoms with Crippen molar-refractivity contribution in [3.8, 4) is 24.5 Å². The van der Waals surface area contributed by atoms with Crippen molar-refractivity contribution in [2.24, 2.45) is 0 Å². The zero-order valence-electron chi connectivity index (χ0n) is 6.57. The van der Waals surface area contributed by atoms with E-state index in [4.69, 9.17) is 16.9 Å². The van der Waals surface area contributed by atoms with Crippen LogP contribution in [0.5, 0.6) is 0 Å². The summed E-state index contributed by atoms with van der Waals surface area (Å²) in [7, 11) is 0. The van der Waals surface area contributed by atoms with Gasteiger partial charge in [0.1, 0.15) is 21.9 Å². The number of hydrogen-bond donors (Lipinski definition) is 0. The molecule has 0 bridgehead atoms. The van der Waals surface area contributed by atoms with Crippen LogP contribution in [0, 0.1) is 41.4 Å². The minimum atomic E-state index is 0.000324. The number of terminal acetylenes is 1.